The van der Waals surface area contributed by atoms with Crippen LogP contribution in [0.5, 0.6) is 0 Å². The lowest BCUT2D eigenvalue weighted by Crippen LogP contribution is -2.42. The zero-order chi connectivity index (χ0) is 11.5. The number of nitrogens with zero attached hydrogens (tertiary/aromatic N) is 2. The fourth-order valence-electron chi connectivity index (χ4n) is 1.90. The Morgan fingerprint density at radius 3 is 3.12 bits per heavy atom. The Bertz CT molecular complexity index is 395. The van der Waals surface area contributed by atoms with Crippen LogP contribution in [0.15, 0.2) is 24.5 Å². The second-order valence-electron chi connectivity index (χ2n) is 4.00. The molecular formula is C11H14N2O3. The summed E-state index contributed by atoms with van der Waals surface area (Å²) in [5.41, 5.74) is 0.367. The third kappa shape index (κ3) is 2.30. The lowest BCUT2D eigenvalue weighted by Gasteiger charge is -2.29. The Balaban J connectivity index is 2.12. The highest BCUT2D eigenvalue weighted by Crippen LogP contribution is 2.12. The molecular weight excluding hydrogens is 208 g/mol. The minimum absolute atomic E-state index is 0.191. The largest absolute Gasteiger partial charge is 0.619 e. The quantitative estimate of drug-likeness (QED) is 0.533. The van der Waals surface area contributed by atoms with Crippen molar-refractivity contribution in [1.82, 2.24) is 4.90 Å². The predicted octanol–water partition coefficient (Wildman–Crippen LogP) is -0.0831. The molecule has 0 spiro atoms. The summed E-state index contributed by atoms with van der Waals surface area (Å²) in [4.78, 5) is 13.5. The second kappa shape index (κ2) is 4.49. The van der Waals surface area contributed by atoms with Gasteiger partial charge in [-0.15, -0.1) is 0 Å². The third-order valence-electron chi connectivity index (χ3n) is 2.71. The molecule has 0 saturated carbocycles. The van der Waals surface area contributed by atoms with E-state index in [0.717, 1.165) is 12.8 Å². The summed E-state index contributed by atoms with van der Waals surface area (Å²) in [6.07, 6.45) is 3.68. The van der Waals surface area contributed by atoms with Gasteiger partial charge in [0.15, 0.2) is 12.4 Å². The van der Waals surface area contributed by atoms with Crippen LogP contribution >= 0.6 is 0 Å². The highest BCUT2D eigenvalue weighted by molar-refractivity contribution is 5.93. The molecule has 1 amide bonds. The van der Waals surface area contributed by atoms with Gasteiger partial charge in [0.1, 0.15) is 5.56 Å². The first-order valence-corrected chi connectivity index (χ1v) is 5.33. The van der Waals surface area contributed by atoms with Crippen LogP contribution in [0.3, 0.4) is 0 Å². The van der Waals surface area contributed by atoms with Gasteiger partial charge in [-0.2, -0.15) is 4.73 Å². The number of aromatic nitrogens is 1. The van der Waals surface area contributed by atoms with Crippen LogP contribution in [-0.2, 0) is 0 Å². The average molecular weight is 222 g/mol. The van der Waals surface area contributed by atoms with E-state index in [1.807, 2.05) is 0 Å². The number of hydrogen-bond donors (Lipinski definition) is 1. The third-order valence-corrected chi connectivity index (χ3v) is 2.71. The molecule has 0 aliphatic carbocycles. The van der Waals surface area contributed by atoms with Crippen LogP contribution in [0.1, 0.15) is 23.2 Å². The highest BCUT2D eigenvalue weighted by atomic mass is 16.5. The van der Waals surface area contributed by atoms with E-state index >= 15 is 0 Å². The predicted molar refractivity (Wildman–Crippen MR) is 56.5 cm³/mol. The first kappa shape index (κ1) is 10.9. The molecule has 1 aliphatic heterocycles. The number of rotatable bonds is 1. The van der Waals surface area contributed by atoms with Crippen LogP contribution in [0.25, 0.3) is 0 Å². The van der Waals surface area contributed by atoms with Gasteiger partial charge < -0.3 is 15.2 Å². The van der Waals surface area contributed by atoms with E-state index in [1.54, 1.807) is 17.0 Å². The van der Waals surface area contributed by atoms with Crippen LogP contribution in [0, 0.1) is 5.21 Å². The van der Waals surface area contributed by atoms with Gasteiger partial charge in [-0.25, -0.2) is 0 Å². The minimum Gasteiger partial charge on any atom is -0.619 e. The van der Waals surface area contributed by atoms with Gasteiger partial charge in [0.05, 0.1) is 6.10 Å². The SMILES string of the molecule is O=C(c1ccc[n+]([O-])c1)N1CCCC(O)C1. The van der Waals surface area contributed by atoms with Gasteiger partial charge in [-0.1, -0.05) is 0 Å². The highest BCUT2D eigenvalue weighted by Gasteiger charge is 2.23. The molecule has 1 unspecified atom stereocenters. The topological polar surface area (TPSA) is 67.5 Å². The number of hydrogen-bond acceptors (Lipinski definition) is 3. The van der Waals surface area contributed by atoms with Crippen molar-refractivity contribution in [2.75, 3.05) is 13.1 Å². The van der Waals surface area contributed by atoms with E-state index in [9.17, 15) is 15.1 Å². The van der Waals surface area contributed by atoms with Crippen molar-refractivity contribution in [3.05, 3.63) is 35.3 Å². The number of β-amino-alcohol motifs (C(OH)–C–C–N with tert-alkyl or cyclic N) is 1. The Hall–Kier alpha value is -1.62. The normalized spacial score (nSPS) is 20.8. The van der Waals surface area contributed by atoms with Gasteiger partial charge in [0.25, 0.3) is 5.91 Å². The number of likely N-dealkylation sites (tertiary alicyclic amines) is 1. The number of piperidine rings is 1. The Morgan fingerprint density at radius 1 is 1.62 bits per heavy atom. The van der Waals surface area contributed by atoms with Gasteiger partial charge >= 0.3 is 0 Å². The van der Waals surface area contributed by atoms with E-state index < -0.39 is 6.10 Å². The molecule has 1 saturated heterocycles. The Kier molecular flexibility index (Phi) is 3.05. The van der Waals surface area contributed by atoms with Gasteiger partial charge in [0, 0.05) is 19.2 Å². The molecule has 1 fully saturated rings. The molecule has 5 heteroatoms. The summed E-state index contributed by atoms with van der Waals surface area (Å²) in [5.74, 6) is -0.191. The van der Waals surface area contributed by atoms with Gasteiger partial charge in [0.2, 0.25) is 0 Å². The smallest absolute Gasteiger partial charge is 0.260 e. The van der Waals surface area contributed by atoms with E-state index in [-0.39, 0.29) is 5.91 Å². The molecule has 16 heavy (non-hydrogen) atoms. The fraction of sp³-hybridized carbons (Fsp3) is 0.455. The molecule has 86 valence electrons. The number of aliphatic hydroxyl groups is 1. The van der Waals surface area contributed by atoms with Crippen molar-refractivity contribution in [2.24, 2.45) is 0 Å². The van der Waals surface area contributed by atoms with Crippen LogP contribution in [0.2, 0.25) is 0 Å². The van der Waals surface area contributed by atoms with E-state index in [1.165, 1.54) is 12.4 Å². The molecule has 1 atom stereocenters. The fourth-order valence-corrected chi connectivity index (χ4v) is 1.90. The maximum atomic E-state index is 12.0. The van der Waals surface area contributed by atoms with Crippen LogP contribution in [0.4, 0.5) is 0 Å². The van der Waals surface area contributed by atoms with Crippen LogP contribution < -0.4 is 4.73 Å². The van der Waals surface area contributed by atoms with Crippen molar-refractivity contribution in [2.45, 2.75) is 18.9 Å². The lowest BCUT2D eigenvalue weighted by atomic mass is 10.1. The number of carbonyl (C=O) groups is 1. The van der Waals surface area contributed by atoms with Crippen molar-refractivity contribution >= 4 is 5.91 Å². The average Bonchev–Trinajstić information content (AvgIpc) is 2.28. The molecule has 2 heterocycles. The minimum atomic E-state index is -0.444. The molecule has 1 aromatic heterocycles. The number of pyridine rings is 1. The summed E-state index contributed by atoms with van der Waals surface area (Å²) in [6.45, 7) is 0.996. The molecule has 1 N–H and O–H groups in total. The summed E-state index contributed by atoms with van der Waals surface area (Å²) < 4.78 is 0.605. The van der Waals surface area contributed by atoms with Gasteiger partial charge in [-0.3, -0.25) is 4.79 Å². The molecule has 5 nitrogen and oxygen atoms in total. The molecule has 1 aliphatic rings. The van der Waals surface area contributed by atoms with Crippen molar-refractivity contribution in [3.8, 4) is 0 Å². The van der Waals surface area contributed by atoms with Crippen LogP contribution in [-0.4, -0.2) is 35.1 Å². The maximum Gasteiger partial charge on any atom is 0.260 e. The molecule has 0 radical (unpaired) electrons. The first-order chi connectivity index (χ1) is 7.66. The molecule has 0 bridgehead atoms. The number of amides is 1. The van der Waals surface area contributed by atoms with E-state index in [0.29, 0.717) is 23.4 Å². The number of carbonyl (C=O) groups excluding carboxylic acids is 1. The summed E-state index contributed by atoms with van der Waals surface area (Å²) >= 11 is 0. The van der Waals surface area contributed by atoms with E-state index in [2.05, 4.69) is 0 Å². The first-order valence-electron chi connectivity index (χ1n) is 5.33. The summed E-state index contributed by atoms with van der Waals surface area (Å²) in [7, 11) is 0. The zero-order valence-electron chi connectivity index (χ0n) is 8.87. The Labute approximate surface area is 93.5 Å². The maximum absolute atomic E-state index is 12.0. The summed E-state index contributed by atoms with van der Waals surface area (Å²) in [5, 5.41) is 20.5. The summed E-state index contributed by atoms with van der Waals surface area (Å²) in [6, 6.07) is 3.15. The van der Waals surface area contributed by atoms with E-state index in [4.69, 9.17) is 0 Å². The van der Waals surface area contributed by atoms with Gasteiger partial charge in [-0.05, 0) is 18.9 Å². The lowest BCUT2D eigenvalue weighted by molar-refractivity contribution is -0.605. The molecule has 2 rings (SSSR count). The Morgan fingerprint density at radius 2 is 2.44 bits per heavy atom. The molecule has 1 aromatic rings. The van der Waals surface area contributed by atoms with Crippen molar-refractivity contribution in [3.63, 3.8) is 0 Å². The zero-order valence-corrected chi connectivity index (χ0v) is 8.87. The molecule has 0 aromatic carbocycles. The second-order valence-corrected chi connectivity index (χ2v) is 4.00. The van der Waals surface area contributed by atoms with Crippen molar-refractivity contribution in [1.29, 1.82) is 0 Å². The number of aliphatic hydroxyl groups excluding tert-OH is 1. The van der Waals surface area contributed by atoms with Crippen molar-refractivity contribution < 1.29 is 14.6 Å². The monoisotopic (exact) mass is 222 g/mol. The standard InChI is InChI=1S/C11H14N2O3/c14-10-4-2-5-12(8-10)11(15)9-3-1-6-13(16)7-9/h1,3,6-7,10,14H,2,4-5,8H2.